The summed E-state index contributed by atoms with van der Waals surface area (Å²) in [4.78, 5) is 32.7. The first-order chi connectivity index (χ1) is 20.0. The van der Waals surface area contributed by atoms with E-state index in [1.54, 1.807) is 0 Å². The fourth-order valence-electron chi connectivity index (χ4n) is 6.00. The molecule has 3 aromatic rings. The van der Waals surface area contributed by atoms with Crippen LogP contribution in [0, 0.1) is 6.92 Å². The quantitative estimate of drug-likeness (QED) is 0.281. The molecule has 0 spiro atoms. The van der Waals surface area contributed by atoms with Crippen LogP contribution >= 0.6 is 11.6 Å². The van der Waals surface area contributed by atoms with Gasteiger partial charge >= 0.3 is 0 Å². The fourth-order valence-corrected chi connectivity index (χ4v) is 6.24. The van der Waals surface area contributed by atoms with Crippen molar-refractivity contribution >= 4 is 23.4 Å². The Morgan fingerprint density at radius 3 is 1.78 bits per heavy atom. The van der Waals surface area contributed by atoms with Gasteiger partial charge in [-0.15, -0.1) is 11.6 Å². The number of rotatable bonds is 10. The molecule has 41 heavy (non-hydrogen) atoms. The molecule has 2 aliphatic rings. The number of benzene rings is 2. The van der Waals surface area contributed by atoms with Crippen LogP contribution in [0.2, 0.25) is 0 Å². The van der Waals surface area contributed by atoms with Gasteiger partial charge in [0.15, 0.2) is 0 Å². The summed E-state index contributed by atoms with van der Waals surface area (Å²) >= 11 is 6.48. The average molecular weight is 576 g/mol. The lowest BCUT2D eigenvalue weighted by atomic mass is 10.0. The molecule has 1 aromatic heterocycles. The Labute approximate surface area is 249 Å². The van der Waals surface area contributed by atoms with E-state index in [-0.39, 0.29) is 17.9 Å². The molecule has 1 atom stereocenters. The highest BCUT2D eigenvalue weighted by molar-refractivity contribution is 6.18. The van der Waals surface area contributed by atoms with Gasteiger partial charge in [-0.25, -0.2) is 0 Å². The summed E-state index contributed by atoms with van der Waals surface area (Å²) in [5.41, 5.74) is 4.75. The van der Waals surface area contributed by atoms with Crippen molar-refractivity contribution < 1.29 is 9.59 Å². The molecule has 0 radical (unpaired) electrons. The van der Waals surface area contributed by atoms with Crippen molar-refractivity contribution in [1.29, 1.82) is 0 Å². The first kappa shape index (κ1) is 29.3. The summed E-state index contributed by atoms with van der Waals surface area (Å²) in [5, 5.41) is 4.54. The summed E-state index contributed by atoms with van der Waals surface area (Å²) in [6.45, 7) is 7.36. The minimum atomic E-state index is -0.0123. The number of amides is 2. The maximum absolute atomic E-state index is 13.2. The van der Waals surface area contributed by atoms with Crippen molar-refractivity contribution in [2.45, 2.75) is 64.6 Å². The Kier molecular flexibility index (Phi) is 10.1. The number of hydrogen-bond acceptors (Lipinski definition) is 4. The minimum Gasteiger partial charge on any atom is -0.339 e. The molecule has 3 heterocycles. The van der Waals surface area contributed by atoms with Gasteiger partial charge in [0.05, 0.1) is 12.2 Å². The molecule has 218 valence electrons. The molecule has 0 N–H and O–H groups in total. The van der Waals surface area contributed by atoms with Crippen LogP contribution in [-0.4, -0.2) is 74.9 Å². The van der Waals surface area contributed by atoms with E-state index in [1.807, 2.05) is 70.2 Å². The molecule has 0 aliphatic carbocycles. The number of aromatic nitrogens is 2. The van der Waals surface area contributed by atoms with Gasteiger partial charge in [-0.05, 0) is 86.4 Å². The van der Waals surface area contributed by atoms with Gasteiger partial charge in [0, 0.05) is 69.0 Å². The molecule has 7 nitrogen and oxygen atoms in total. The van der Waals surface area contributed by atoms with E-state index in [1.165, 1.54) is 12.8 Å². The smallest absolute Gasteiger partial charge is 0.253 e. The summed E-state index contributed by atoms with van der Waals surface area (Å²) < 4.78 is 1.95. The van der Waals surface area contributed by atoms with Gasteiger partial charge in [0.2, 0.25) is 0 Å². The van der Waals surface area contributed by atoms with Crippen molar-refractivity contribution in [3.63, 3.8) is 0 Å². The first-order valence-electron chi connectivity index (χ1n) is 15.1. The van der Waals surface area contributed by atoms with Gasteiger partial charge < -0.3 is 9.80 Å². The lowest BCUT2D eigenvalue weighted by Gasteiger charge is -2.29. The minimum absolute atomic E-state index is 0.0123. The van der Waals surface area contributed by atoms with Crippen LogP contribution in [-0.2, 0) is 13.1 Å². The van der Waals surface area contributed by atoms with E-state index in [0.717, 1.165) is 79.7 Å². The van der Waals surface area contributed by atoms with Gasteiger partial charge in [-0.2, -0.15) is 5.10 Å². The van der Waals surface area contributed by atoms with Crippen molar-refractivity contribution in [3.05, 3.63) is 88.7 Å². The molecular formula is C33H42ClN5O2. The number of nitrogens with zero attached hydrogens (tertiary/aromatic N) is 5. The van der Waals surface area contributed by atoms with Gasteiger partial charge in [0.1, 0.15) is 0 Å². The fraction of sp³-hybridized carbons (Fsp3) is 0.485. The predicted molar refractivity (Wildman–Crippen MR) is 163 cm³/mol. The van der Waals surface area contributed by atoms with Crippen molar-refractivity contribution in [1.82, 2.24) is 24.5 Å². The number of aryl methyl sites for hydroxylation is 1. The molecular weight excluding hydrogens is 534 g/mol. The standard InChI is InChI=1S/C33H42ClN5O2/c1-26-21-35-39(22-26)31(20-34)25-36(23-27-10-8-12-29(18-27)32(40)37-14-4-2-5-15-37)24-28-11-9-13-30(19-28)33(41)38-16-6-3-7-17-38/h8-13,18-19,21-22,31H,2-7,14-17,20,23-25H2,1H3. The molecule has 2 aliphatic heterocycles. The molecule has 8 heteroatoms. The van der Waals surface area contributed by atoms with E-state index in [0.29, 0.717) is 25.5 Å². The average Bonchev–Trinajstić information content (AvgIpc) is 3.46. The highest BCUT2D eigenvalue weighted by Gasteiger charge is 2.22. The van der Waals surface area contributed by atoms with Crippen LogP contribution < -0.4 is 0 Å². The number of hydrogen-bond donors (Lipinski definition) is 0. The maximum atomic E-state index is 13.2. The second kappa shape index (κ2) is 14.1. The van der Waals surface area contributed by atoms with Crippen LogP contribution in [0.3, 0.4) is 0 Å². The number of piperidine rings is 2. The maximum Gasteiger partial charge on any atom is 0.253 e. The van der Waals surface area contributed by atoms with Crippen LogP contribution in [0.5, 0.6) is 0 Å². The Balaban J connectivity index is 1.36. The number of carbonyl (C=O) groups is 2. The summed E-state index contributed by atoms with van der Waals surface area (Å²) in [5.74, 6) is 0.666. The Hall–Kier alpha value is -3.16. The monoisotopic (exact) mass is 575 g/mol. The number of halogens is 1. The van der Waals surface area contributed by atoms with E-state index in [4.69, 9.17) is 11.6 Å². The van der Waals surface area contributed by atoms with E-state index >= 15 is 0 Å². The number of carbonyl (C=O) groups excluding carboxylic acids is 2. The molecule has 0 bridgehead atoms. The molecule has 2 amide bonds. The highest BCUT2D eigenvalue weighted by Crippen LogP contribution is 2.21. The Morgan fingerprint density at radius 1 is 0.829 bits per heavy atom. The summed E-state index contributed by atoms with van der Waals surface area (Å²) in [7, 11) is 0. The molecule has 5 rings (SSSR count). The summed E-state index contributed by atoms with van der Waals surface area (Å²) in [6.07, 6.45) is 10.6. The van der Waals surface area contributed by atoms with Gasteiger partial charge in [-0.1, -0.05) is 24.3 Å². The molecule has 0 saturated carbocycles. The lowest BCUT2D eigenvalue weighted by molar-refractivity contribution is 0.0717. The van der Waals surface area contributed by atoms with Crippen LogP contribution in [0.15, 0.2) is 60.9 Å². The predicted octanol–water partition coefficient (Wildman–Crippen LogP) is 5.93. The largest absolute Gasteiger partial charge is 0.339 e. The SMILES string of the molecule is Cc1cnn(C(CCl)CN(Cc2cccc(C(=O)N3CCCCC3)c2)Cc2cccc(C(=O)N3CCCCC3)c2)c1. The lowest BCUT2D eigenvalue weighted by Crippen LogP contribution is -2.36. The third-order valence-corrected chi connectivity index (χ3v) is 8.55. The molecule has 2 fully saturated rings. The van der Waals surface area contributed by atoms with E-state index in [2.05, 4.69) is 22.1 Å². The van der Waals surface area contributed by atoms with Crippen molar-refractivity contribution in [2.75, 3.05) is 38.6 Å². The van der Waals surface area contributed by atoms with Gasteiger partial charge in [-0.3, -0.25) is 19.2 Å². The molecule has 2 saturated heterocycles. The zero-order valence-corrected chi connectivity index (χ0v) is 24.9. The van der Waals surface area contributed by atoms with Gasteiger partial charge in [0.25, 0.3) is 11.8 Å². The topological polar surface area (TPSA) is 61.7 Å². The third-order valence-electron chi connectivity index (χ3n) is 8.20. The third kappa shape index (κ3) is 7.77. The van der Waals surface area contributed by atoms with Crippen LogP contribution in [0.25, 0.3) is 0 Å². The van der Waals surface area contributed by atoms with Crippen molar-refractivity contribution in [3.8, 4) is 0 Å². The molecule has 2 aromatic carbocycles. The second-order valence-corrected chi connectivity index (χ2v) is 11.9. The van der Waals surface area contributed by atoms with Crippen LogP contribution in [0.4, 0.5) is 0 Å². The van der Waals surface area contributed by atoms with E-state index in [9.17, 15) is 9.59 Å². The Morgan fingerprint density at radius 2 is 1.34 bits per heavy atom. The Bertz CT molecular complexity index is 1240. The normalized spacial score (nSPS) is 16.7. The van der Waals surface area contributed by atoms with Crippen molar-refractivity contribution in [2.24, 2.45) is 0 Å². The number of alkyl halides is 1. The zero-order valence-electron chi connectivity index (χ0n) is 24.2. The molecule has 1 unspecified atom stereocenters. The first-order valence-corrected chi connectivity index (χ1v) is 15.6. The summed E-state index contributed by atoms with van der Waals surface area (Å²) in [6, 6.07) is 16.1. The second-order valence-electron chi connectivity index (χ2n) is 11.6. The number of likely N-dealkylation sites (tertiary alicyclic amines) is 2. The zero-order chi connectivity index (χ0) is 28.6. The van der Waals surface area contributed by atoms with E-state index < -0.39 is 0 Å². The van der Waals surface area contributed by atoms with Crippen LogP contribution in [0.1, 0.15) is 82.0 Å². The highest BCUT2D eigenvalue weighted by atomic mass is 35.5.